The first-order valence-electron chi connectivity index (χ1n) is 7.29. The first-order valence-corrected chi connectivity index (χ1v) is 8.68. The molecule has 1 aliphatic rings. The van der Waals surface area contributed by atoms with E-state index in [1.807, 2.05) is 23.7 Å². The number of carbonyl (C=O) groups excluding carboxylic acids is 1. The number of unbranched alkanes of at least 4 members (excludes halogenated alkanes) is 1. The Balaban J connectivity index is 2.17. The van der Waals surface area contributed by atoms with Gasteiger partial charge in [-0.2, -0.15) is 11.8 Å². The number of amides is 2. The molecule has 0 unspecified atom stereocenters. The molecule has 5 heteroatoms. The molecular formula is C14H28N2O2S. The number of urea groups is 1. The molecule has 0 saturated heterocycles. The van der Waals surface area contributed by atoms with E-state index in [0.29, 0.717) is 12.0 Å². The molecule has 1 saturated carbocycles. The average Bonchev–Trinajstić information content (AvgIpc) is 2.46. The lowest BCUT2D eigenvalue weighted by Crippen LogP contribution is -2.45. The van der Waals surface area contributed by atoms with E-state index >= 15 is 0 Å². The van der Waals surface area contributed by atoms with Gasteiger partial charge in [-0.1, -0.05) is 0 Å². The van der Waals surface area contributed by atoms with E-state index in [0.717, 1.165) is 50.8 Å². The fourth-order valence-corrected chi connectivity index (χ4v) is 3.06. The van der Waals surface area contributed by atoms with Gasteiger partial charge in [0.25, 0.3) is 0 Å². The Morgan fingerprint density at radius 1 is 1.32 bits per heavy atom. The lowest BCUT2D eigenvalue weighted by Gasteiger charge is -2.34. The first-order chi connectivity index (χ1) is 9.19. The number of rotatable bonds is 7. The van der Waals surface area contributed by atoms with Crippen LogP contribution in [0.15, 0.2) is 0 Å². The van der Waals surface area contributed by atoms with Crippen LogP contribution >= 0.6 is 11.8 Å². The molecule has 2 amide bonds. The minimum Gasteiger partial charge on any atom is -0.396 e. The van der Waals surface area contributed by atoms with Gasteiger partial charge in [-0.3, -0.25) is 0 Å². The van der Waals surface area contributed by atoms with Crippen LogP contribution < -0.4 is 5.32 Å². The highest BCUT2D eigenvalue weighted by molar-refractivity contribution is 7.98. The van der Waals surface area contributed by atoms with Crippen molar-refractivity contribution in [3.8, 4) is 0 Å². The number of aliphatic hydroxyl groups is 1. The van der Waals surface area contributed by atoms with Crippen molar-refractivity contribution >= 4 is 17.8 Å². The minimum absolute atomic E-state index is 0.0524. The van der Waals surface area contributed by atoms with E-state index in [1.54, 1.807) is 0 Å². The second-order valence-corrected chi connectivity index (χ2v) is 6.39. The molecule has 2 N–H and O–H groups in total. The van der Waals surface area contributed by atoms with Crippen molar-refractivity contribution in [1.82, 2.24) is 10.2 Å². The molecule has 1 rings (SSSR count). The van der Waals surface area contributed by atoms with Crippen molar-refractivity contribution in [2.45, 2.75) is 44.6 Å². The Morgan fingerprint density at radius 2 is 2.00 bits per heavy atom. The molecular weight excluding hydrogens is 260 g/mol. The third-order valence-corrected chi connectivity index (χ3v) is 4.69. The summed E-state index contributed by atoms with van der Waals surface area (Å²) in [6.07, 6.45) is 8.42. The molecule has 0 spiro atoms. The van der Waals surface area contributed by atoms with Gasteiger partial charge in [0.1, 0.15) is 0 Å². The molecule has 112 valence electrons. The van der Waals surface area contributed by atoms with Gasteiger partial charge in [0.15, 0.2) is 0 Å². The van der Waals surface area contributed by atoms with E-state index in [4.69, 9.17) is 5.11 Å². The second-order valence-electron chi connectivity index (χ2n) is 5.40. The van der Waals surface area contributed by atoms with Crippen LogP contribution in [-0.4, -0.2) is 54.3 Å². The van der Waals surface area contributed by atoms with Crippen LogP contribution in [0, 0.1) is 5.92 Å². The van der Waals surface area contributed by atoms with E-state index in [1.165, 1.54) is 0 Å². The number of aliphatic hydroxyl groups excluding tert-OH is 1. The van der Waals surface area contributed by atoms with Crippen molar-refractivity contribution in [1.29, 1.82) is 0 Å². The zero-order chi connectivity index (χ0) is 14.1. The predicted octanol–water partition coefficient (Wildman–Crippen LogP) is 2.32. The maximum absolute atomic E-state index is 12.0. The normalized spacial score (nSPS) is 23.1. The summed E-state index contributed by atoms with van der Waals surface area (Å²) in [6.45, 7) is 1.06. The lowest BCUT2D eigenvalue weighted by molar-refractivity contribution is 0.134. The van der Waals surface area contributed by atoms with Crippen molar-refractivity contribution < 1.29 is 9.90 Å². The number of thioether (sulfide) groups is 1. The Labute approximate surface area is 121 Å². The lowest BCUT2D eigenvalue weighted by atomic mass is 9.86. The number of carbonyl (C=O) groups is 1. The summed E-state index contributed by atoms with van der Waals surface area (Å²) >= 11 is 1.85. The van der Waals surface area contributed by atoms with Crippen molar-refractivity contribution in [3.63, 3.8) is 0 Å². The van der Waals surface area contributed by atoms with E-state index < -0.39 is 0 Å². The topological polar surface area (TPSA) is 52.6 Å². The highest BCUT2D eigenvalue weighted by Crippen LogP contribution is 2.26. The molecule has 1 fully saturated rings. The van der Waals surface area contributed by atoms with Crippen LogP contribution in [0.1, 0.15) is 38.5 Å². The average molecular weight is 288 g/mol. The molecule has 4 nitrogen and oxygen atoms in total. The van der Waals surface area contributed by atoms with Gasteiger partial charge >= 0.3 is 6.03 Å². The van der Waals surface area contributed by atoms with Crippen LogP contribution in [-0.2, 0) is 0 Å². The third kappa shape index (κ3) is 6.04. The van der Waals surface area contributed by atoms with Gasteiger partial charge in [0.05, 0.1) is 0 Å². The van der Waals surface area contributed by atoms with E-state index in [-0.39, 0.29) is 12.6 Å². The Kier molecular flexibility index (Phi) is 8.30. The van der Waals surface area contributed by atoms with E-state index in [2.05, 4.69) is 11.6 Å². The smallest absolute Gasteiger partial charge is 0.317 e. The summed E-state index contributed by atoms with van der Waals surface area (Å²) in [7, 11) is 1.89. The van der Waals surface area contributed by atoms with Crippen LogP contribution in [0.2, 0.25) is 0 Å². The minimum atomic E-state index is 0.0524. The van der Waals surface area contributed by atoms with Crippen LogP contribution in [0.25, 0.3) is 0 Å². The van der Waals surface area contributed by atoms with Gasteiger partial charge in [-0.05, 0) is 56.5 Å². The van der Waals surface area contributed by atoms with Gasteiger partial charge in [-0.25, -0.2) is 4.79 Å². The largest absolute Gasteiger partial charge is 0.396 e. The number of hydrogen-bond acceptors (Lipinski definition) is 3. The zero-order valence-corrected chi connectivity index (χ0v) is 13.0. The van der Waals surface area contributed by atoms with Gasteiger partial charge in [0, 0.05) is 26.2 Å². The fourth-order valence-electron chi connectivity index (χ4n) is 2.57. The van der Waals surface area contributed by atoms with Crippen LogP contribution in [0.5, 0.6) is 0 Å². The van der Waals surface area contributed by atoms with Crippen LogP contribution in [0.3, 0.4) is 0 Å². The molecule has 0 bridgehead atoms. The summed E-state index contributed by atoms with van der Waals surface area (Å²) in [6, 6.07) is 0.394. The summed E-state index contributed by atoms with van der Waals surface area (Å²) in [5.74, 6) is 1.61. The highest BCUT2D eigenvalue weighted by Gasteiger charge is 2.25. The number of hydrogen-bond donors (Lipinski definition) is 2. The van der Waals surface area contributed by atoms with Gasteiger partial charge in [0.2, 0.25) is 0 Å². The maximum atomic E-state index is 12.0. The van der Waals surface area contributed by atoms with Crippen LogP contribution in [0.4, 0.5) is 4.79 Å². The summed E-state index contributed by atoms with van der Waals surface area (Å²) < 4.78 is 0. The fraction of sp³-hybridized carbons (Fsp3) is 0.929. The molecule has 1 aliphatic carbocycles. The molecule has 0 aromatic rings. The SMILES string of the molecule is CSCCCCNC(=O)N(C)C1CCC(CO)CC1. The number of nitrogens with zero attached hydrogens (tertiary/aromatic N) is 1. The molecule has 0 atom stereocenters. The molecule has 0 radical (unpaired) electrons. The summed E-state index contributed by atoms with van der Waals surface area (Å²) in [5, 5.41) is 12.1. The van der Waals surface area contributed by atoms with Crippen molar-refractivity contribution in [2.24, 2.45) is 5.92 Å². The third-order valence-electron chi connectivity index (χ3n) is 3.99. The van der Waals surface area contributed by atoms with Crippen molar-refractivity contribution in [3.05, 3.63) is 0 Å². The predicted molar refractivity (Wildman–Crippen MR) is 81.6 cm³/mol. The first kappa shape index (κ1) is 16.6. The molecule has 0 aromatic carbocycles. The quantitative estimate of drug-likeness (QED) is 0.707. The van der Waals surface area contributed by atoms with E-state index in [9.17, 15) is 4.79 Å². The Morgan fingerprint density at radius 3 is 2.58 bits per heavy atom. The van der Waals surface area contributed by atoms with Gasteiger partial charge in [-0.15, -0.1) is 0 Å². The Hall–Kier alpha value is -0.420. The number of nitrogens with one attached hydrogen (secondary N) is 1. The molecule has 19 heavy (non-hydrogen) atoms. The molecule has 0 heterocycles. The maximum Gasteiger partial charge on any atom is 0.317 e. The molecule has 0 aliphatic heterocycles. The summed E-state index contributed by atoms with van der Waals surface area (Å²) in [4.78, 5) is 13.8. The highest BCUT2D eigenvalue weighted by atomic mass is 32.2. The zero-order valence-electron chi connectivity index (χ0n) is 12.2. The monoisotopic (exact) mass is 288 g/mol. The van der Waals surface area contributed by atoms with Gasteiger partial charge < -0.3 is 15.3 Å². The van der Waals surface area contributed by atoms with Crippen molar-refractivity contribution in [2.75, 3.05) is 32.2 Å². The molecule has 0 aromatic heterocycles. The standard InChI is InChI=1S/C14H28N2O2S/c1-16(13-7-5-12(11-17)6-8-13)14(18)15-9-3-4-10-19-2/h12-13,17H,3-11H2,1-2H3,(H,15,18). The summed E-state index contributed by atoms with van der Waals surface area (Å²) in [5.41, 5.74) is 0. The Bertz CT molecular complexity index is 256. The second kappa shape index (κ2) is 9.48.